The van der Waals surface area contributed by atoms with E-state index < -0.39 is 33.4 Å². The Morgan fingerprint density at radius 3 is 2.50 bits per heavy atom. The number of carbonyl (C=O) groups excluding carboxylic acids is 1. The quantitative estimate of drug-likeness (QED) is 0.278. The highest BCUT2D eigenvalue weighted by atomic mass is 32.2. The molecule has 1 heterocycles. The monoisotopic (exact) mass is 499 g/mol. The third-order valence-electron chi connectivity index (χ3n) is 7.20. The highest BCUT2D eigenvalue weighted by Gasteiger charge is 2.47. The summed E-state index contributed by atoms with van der Waals surface area (Å²) in [6.07, 6.45) is 9.60. The fourth-order valence-electron chi connectivity index (χ4n) is 4.70. The molecule has 2 rings (SSSR count). The SMILES string of the molecule is CC(C)=CCC(C)(C)C(O)/C=C/[C@@H]1[C@H]2C[C@@H](CCCCC(=O)NS(=O)(=O)C(C)C)O[C@H]2C[C@H]1O. The zero-order valence-corrected chi connectivity index (χ0v) is 22.5. The lowest BCUT2D eigenvalue weighted by atomic mass is 9.81. The molecule has 0 aromatic heterocycles. The number of carbonyl (C=O) groups is 1. The fraction of sp³-hybridized carbons (Fsp3) is 0.808. The lowest BCUT2D eigenvalue weighted by Crippen LogP contribution is -2.35. The number of unbranched alkanes of at least 4 members (excludes halogenated alkanes) is 1. The minimum absolute atomic E-state index is 0.0185. The number of aliphatic hydroxyl groups excluding tert-OH is 2. The molecular formula is C26H45NO6S. The van der Waals surface area contributed by atoms with Crippen LogP contribution < -0.4 is 4.72 Å². The van der Waals surface area contributed by atoms with E-state index in [9.17, 15) is 23.4 Å². The van der Waals surface area contributed by atoms with Gasteiger partial charge in [0.25, 0.3) is 0 Å². The van der Waals surface area contributed by atoms with Crippen molar-refractivity contribution in [2.45, 2.75) is 116 Å². The van der Waals surface area contributed by atoms with E-state index in [-0.39, 0.29) is 35.9 Å². The van der Waals surface area contributed by atoms with Crippen LogP contribution in [-0.4, -0.2) is 54.2 Å². The molecule has 0 aromatic rings. The lowest BCUT2D eigenvalue weighted by molar-refractivity contribution is -0.119. The Kier molecular flexibility index (Phi) is 10.4. The van der Waals surface area contributed by atoms with E-state index in [0.29, 0.717) is 12.8 Å². The summed E-state index contributed by atoms with van der Waals surface area (Å²) in [5.74, 6) is -0.267. The number of rotatable bonds is 12. The summed E-state index contributed by atoms with van der Waals surface area (Å²) >= 11 is 0. The van der Waals surface area contributed by atoms with Gasteiger partial charge in [-0.2, -0.15) is 0 Å². The van der Waals surface area contributed by atoms with Crippen LogP contribution in [0.1, 0.15) is 86.5 Å². The smallest absolute Gasteiger partial charge is 0.237 e. The molecule has 0 spiro atoms. The van der Waals surface area contributed by atoms with Crippen LogP contribution in [0.4, 0.5) is 0 Å². The maximum Gasteiger partial charge on any atom is 0.237 e. The molecule has 3 N–H and O–H groups in total. The third-order valence-corrected chi connectivity index (χ3v) is 8.96. The van der Waals surface area contributed by atoms with Gasteiger partial charge in [0.05, 0.1) is 29.7 Å². The number of sulfonamides is 1. The average molecular weight is 500 g/mol. The molecule has 196 valence electrons. The minimum Gasteiger partial charge on any atom is -0.392 e. The maximum atomic E-state index is 11.9. The predicted octanol–water partition coefficient (Wildman–Crippen LogP) is 3.86. The van der Waals surface area contributed by atoms with Crippen molar-refractivity contribution in [2.24, 2.45) is 17.3 Å². The second kappa shape index (κ2) is 12.2. The highest BCUT2D eigenvalue weighted by molar-refractivity contribution is 7.90. The molecule has 2 aliphatic rings. The average Bonchev–Trinajstić information content (AvgIpc) is 3.23. The summed E-state index contributed by atoms with van der Waals surface area (Å²) in [6, 6.07) is 0. The Morgan fingerprint density at radius 2 is 1.88 bits per heavy atom. The van der Waals surface area contributed by atoms with Crippen LogP contribution in [0.5, 0.6) is 0 Å². The van der Waals surface area contributed by atoms with E-state index in [4.69, 9.17) is 4.74 Å². The zero-order chi connectivity index (χ0) is 25.7. The second-order valence-electron chi connectivity index (χ2n) is 11.2. The van der Waals surface area contributed by atoms with Gasteiger partial charge in [-0.3, -0.25) is 9.52 Å². The van der Waals surface area contributed by atoms with Crippen molar-refractivity contribution in [1.82, 2.24) is 4.72 Å². The first-order valence-corrected chi connectivity index (χ1v) is 14.2. The van der Waals surface area contributed by atoms with Crippen molar-refractivity contribution in [3.05, 3.63) is 23.8 Å². The topological polar surface area (TPSA) is 113 Å². The van der Waals surface area contributed by atoms with Crippen LogP contribution in [0.25, 0.3) is 0 Å². The molecule has 1 amide bonds. The van der Waals surface area contributed by atoms with E-state index in [1.54, 1.807) is 0 Å². The molecule has 2 fully saturated rings. The van der Waals surface area contributed by atoms with Gasteiger partial charge in [0.2, 0.25) is 15.9 Å². The van der Waals surface area contributed by atoms with Gasteiger partial charge in [-0.05, 0) is 64.7 Å². The van der Waals surface area contributed by atoms with Crippen molar-refractivity contribution in [2.75, 3.05) is 0 Å². The van der Waals surface area contributed by atoms with Gasteiger partial charge >= 0.3 is 0 Å². The molecule has 6 atom stereocenters. The molecule has 7 nitrogen and oxygen atoms in total. The second-order valence-corrected chi connectivity index (χ2v) is 13.5. The fourth-order valence-corrected chi connectivity index (χ4v) is 5.35. The summed E-state index contributed by atoms with van der Waals surface area (Å²) in [5.41, 5.74) is 0.945. The van der Waals surface area contributed by atoms with Gasteiger partial charge in [-0.15, -0.1) is 0 Å². The molecule has 1 saturated carbocycles. The first-order valence-electron chi connectivity index (χ1n) is 12.6. The van der Waals surface area contributed by atoms with Gasteiger partial charge in [-0.25, -0.2) is 8.42 Å². The van der Waals surface area contributed by atoms with E-state index in [1.165, 1.54) is 19.4 Å². The number of nitrogens with one attached hydrogen (secondary N) is 1. The van der Waals surface area contributed by atoms with Crippen LogP contribution in [0.2, 0.25) is 0 Å². The van der Waals surface area contributed by atoms with Crippen molar-refractivity contribution in [3.63, 3.8) is 0 Å². The standard InChI is InChI=1S/C26H45NO6S/c1-17(2)13-14-26(5,6)24(29)12-11-20-21-15-19(33-23(21)16-22(20)28)9-7-8-10-25(30)27-34(31,32)18(3)4/h11-13,18-24,28-29H,7-10,14-16H2,1-6H3,(H,27,30)/b12-11+/t19-,20-,21-,22-,23+,24?/m1/s1. The summed E-state index contributed by atoms with van der Waals surface area (Å²) < 4.78 is 31.8. The van der Waals surface area contributed by atoms with Crippen LogP contribution in [0, 0.1) is 17.3 Å². The molecule has 0 bridgehead atoms. The molecule has 0 radical (unpaired) electrons. The van der Waals surface area contributed by atoms with E-state index in [0.717, 1.165) is 25.7 Å². The number of fused-ring (bicyclic) bond motifs is 1. The van der Waals surface area contributed by atoms with Crippen LogP contribution in [0.15, 0.2) is 23.8 Å². The Balaban J connectivity index is 1.81. The molecule has 8 heteroatoms. The summed E-state index contributed by atoms with van der Waals surface area (Å²) in [6.45, 7) is 11.3. The summed E-state index contributed by atoms with van der Waals surface area (Å²) in [4.78, 5) is 11.9. The van der Waals surface area contributed by atoms with Crippen LogP contribution in [0.3, 0.4) is 0 Å². The zero-order valence-electron chi connectivity index (χ0n) is 21.7. The Hall–Kier alpha value is -1.22. The number of hydrogen-bond donors (Lipinski definition) is 3. The van der Waals surface area contributed by atoms with Crippen molar-refractivity contribution >= 4 is 15.9 Å². The van der Waals surface area contributed by atoms with Crippen LogP contribution >= 0.6 is 0 Å². The van der Waals surface area contributed by atoms with Gasteiger partial charge < -0.3 is 14.9 Å². The molecule has 0 aromatic carbocycles. The van der Waals surface area contributed by atoms with Gasteiger partial charge in [-0.1, -0.05) is 44.1 Å². The molecule has 1 aliphatic carbocycles. The summed E-state index contributed by atoms with van der Waals surface area (Å²) in [5, 5.41) is 20.6. The lowest BCUT2D eigenvalue weighted by Gasteiger charge is -2.28. The van der Waals surface area contributed by atoms with Crippen molar-refractivity contribution in [1.29, 1.82) is 0 Å². The first-order chi connectivity index (χ1) is 15.7. The number of aliphatic hydroxyl groups is 2. The van der Waals surface area contributed by atoms with Crippen LogP contribution in [-0.2, 0) is 19.6 Å². The van der Waals surface area contributed by atoms with E-state index >= 15 is 0 Å². The minimum atomic E-state index is -3.58. The third kappa shape index (κ3) is 8.18. The number of allylic oxidation sites excluding steroid dienone is 2. The number of amides is 1. The maximum absolute atomic E-state index is 11.9. The molecular weight excluding hydrogens is 454 g/mol. The Morgan fingerprint density at radius 1 is 1.21 bits per heavy atom. The Bertz CT molecular complexity index is 843. The number of hydrogen-bond acceptors (Lipinski definition) is 6. The first kappa shape index (κ1) is 29.0. The van der Waals surface area contributed by atoms with Crippen molar-refractivity contribution in [3.8, 4) is 0 Å². The highest BCUT2D eigenvalue weighted by Crippen LogP contribution is 2.45. The summed E-state index contributed by atoms with van der Waals surface area (Å²) in [7, 11) is -3.58. The van der Waals surface area contributed by atoms with Gasteiger partial charge in [0.15, 0.2) is 0 Å². The van der Waals surface area contributed by atoms with Gasteiger partial charge in [0.1, 0.15) is 0 Å². The molecule has 1 saturated heterocycles. The Labute approximate surface area is 206 Å². The number of ether oxygens (including phenoxy) is 1. The predicted molar refractivity (Wildman–Crippen MR) is 135 cm³/mol. The van der Waals surface area contributed by atoms with Gasteiger partial charge in [0, 0.05) is 18.8 Å². The van der Waals surface area contributed by atoms with Crippen molar-refractivity contribution < 1.29 is 28.2 Å². The van der Waals surface area contributed by atoms with E-state index in [2.05, 4.69) is 24.6 Å². The normalized spacial score (nSPS) is 28.3. The largest absolute Gasteiger partial charge is 0.392 e. The molecule has 1 unspecified atom stereocenters. The molecule has 34 heavy (non-hydrogen) atoms. The van der Waals surface area contributed by atoms with E-state index in [1.807, 2.05) is 26.0 Å². The molecule has 1 aliphatic heterocycles.